The smallest absolute Gasteiger partial charge is 0.353 e. The Balaban J connectivity index is 1.48. The minimum absolute atomic E-state index is 0.334. The van der Waals surface area contributed by atoms with Gasteiger partial charge in [-0.2, -0.15) is 0 Å². The van der Waals surface area contributed by atoms with Gasteiger partial charge in [-0.3, -0.25) is 4.98 Å². The van der Waals surface area contributed by atoms with Crippen molar-refractivity contribution < 1.29 is 14.4 Å². The molecular formula is C27H22N2O3. The highest BCUT2D eigenvalue weighted by Gasteiger charge is 2.48. The third-order valence-electron chi connectivity index (χ3n) is 5.82. The van der Waals surface area contributed by atoms with Gasteiger partial charge >= 0.3 is 5.97 Å². The second kappa shape index (κ2) is 8.27. The number of rotatable bonds is 5. The van der Waals surface area contributed by atoms with Crippen LogP contribution in [0.1, 0.15) is 17.5 Å². The van der Waals surface area contributed by atoms with Crippen molar-refractivity contribution in [1.82, 2.24) is 4.98 Å². The molecule has 0 fully saturated rings. The van der Waals surface area contributed by atoms with Crippen molar-refractivity contribution in [1.29, 1.82) is 0 Å². The molecule has 0 spiro atoms. The summed E-state index contributed by atoms with van der Waals surface area (Å²) in [5, 5.41) is 6.54. The fourth-order valence-electron chi connectivity index (χ4n) is 4.22. The molecule has 0 radical (unpaired) electrons. The maximum atomic E-state index is 12.7. The Bertz CT molecular complexity index is 1310. The number of carbonyl (C=O) groups excluding carboxylic acids is 1. The number of hydrogen-bond donors (Lipinski definition) is 0. The molecule has 0 amide bonds. The second-order valence-electron chi connectivity index (χ2n) is 7.92. The van der Waals surface area contributed by atoms with Crippen LogP contribution in [-0.4, -0.2) is 29.4 Å². The average molecular weight is 422 g/mol. The number of carbonyl (C=O) groups is 1. The van der Waals surface area contributed by atoms with E-state index in [0.29, 0.717) is 18.6 Å². The molecule has 5 nitrogen and oxygen atoms in total. The topological polar surface area (TPSA) is 60.8 Å². The molecule has 158 valence electrons. The van der Waals surface area contributed by atoms with Crippen molar-refractivity contribution in [2.24, 2.45) is 5.16 Å². The van der Waals surface area contributed by atoms with E-state index in [1.165, 1.54) is 7.11 Å². The van der Waals surface area contributed by atoms with E-state index in [1.54, 1.807) is 0 Å². The quantitative estimate of drug-likeness (QED) is 0.416. The number of hydrogen-bond acceptors (Lipinski definition) is 5. The van der Waals surface area contributed by atoms with Crippen LogP contribution in [0.4, 0.5) is 0 Å². The number of pyridine rings is 1. The third kappa shape index (κ3) is 3.62. The van der Waals surface area contributed by atoms with E-state index in [2.05, 4.69) is 22.3 Å². The highest BCUT2D eigenvalue weighted by molar-refractivity contribution is 6.06. The number of nitrogens with zero attached hydrogens (tertiary/aromatic N) is 2. The molecule has 5 heteroatoms. The Morgan fingerprint density at radius 1 is 0.969 bits per heavy atom. The number of benzene rings is 3. The van der Waals surface area contributed by atoms with E-state index < -0.39 is 11.6 Å². The second-order valence-corrected chi connectivity index (χ2v) is 7.92. The largest absolute Gasteiger partial charge is 0.466 e. The van der Waals surface area contributed by atoms with E-state index in [9.17, 15) is 4.79 Å². The molecular weight excluding hydrogens is 400 g/mol. The average Bonchev–Trinajstić information content (AvgIpc) is 3.29. The zero-order valence-electron chi connectivity index (χ0n) is 17.7. The van der Waals surface area contributed by atoms with Crippen molar-refractivity contribution in [2.45, 2.75) is 18.4 Å². The first kappa shape index (κ1) is 19.9. The van der Waals surface area contributed by atoms with Gasteiger partial charge in [-0.25, -0.2) is 4.79 Å². The third-order valence-corrected chi connectivity index (χ3v) is 5.82. The van der Waals surface area contributed by atoms with Gasteiger partial charge in [0.25, 0.3) is 0 Å². The molecule has 0 bridgehead atoms. The zero-order chi connectivity index (χ0) is 22.0. The van der Waals surface area contributed by atoms with Crippen molar-refractivity contribution in [3.63, 3.8) is 0 Å². The molecule has 1 aromatic heterocycles. The molecule has 0 saturated heterocycles. The first-order valence-electron chi connectivity index (χ1n) is 10.5. The van der Waals surface area contributed by atoms with Crippen LogP contribution in [-0.2, 0) is 20.8 Å². The maximum Gasteiger partial charge on any atom is 0.353 e. The predicted molar refractivity (Wildman–Crippen MR) is 124 cm³/mol. The molecule has 32 heavy (non-hydrogen) atoms. The van der Waals surface area contributed by atoms with E-state index in [1.807, 2.05) is 79.0 Å². The molecule has 3 aromatic carbocycles. The van der Waals surface area contributed by atoms with Crippen molar-refractivity contribution in [3.8, 4) is 11.3 Å². The minimum Gasteiger partial charge on any atom is -0.466 e. The number of fused-ring (bicyclic) bond motifs is 1. The van der Waals surface area contributed by atoms with Gasteiger partial charge in [0.05, 0.1) is 18.5 Å². The van der Waals surface area contributed by atoms with E-state index in [4.69, 9.17) is 9.57 Å². The predicted octanol–water partition coefficient (Wildman–Crippen LogP) is 5.18. The fraction of sp³-hybridized carbons (Fsp3) is 0.148. The molecule has 5 rings (SSSR count). The van der Waals surface area contributed by atoms with Crippen molar-refractivity contribution in [3.05, 3.63) is 102 Å². The Morgan fingerprint density at radius 2 is 1.75 bits per heavy atom. The van der Waals surface area contributed by atoms with Crippen LogP contribution in [0.25, 0.3) is 22.0 Å². The molecule has 0 N–H and O–H groups in total. The summed E-state index contributed by atoms with van der Waals surface area (Å²) in [7, 11) is 1.38. The van der Waals surface area contributed by atoms with Gasteiger partial charge < -0.3 is 9.57 Å². The Kier molecular flexibility index (Phi) is 5.15. The summed E-state index contributed by atoms with van der Waals surface area (Å²) in [6.45, 7) is 0. The lowest BCUT2D eigenvalue weighted by molar-refractivity contribution is -0.166. The van der Waals surface area contributed by atoms with Gasteiger partial charge in [-0.05, 0) is 23.1 Å². The lowest BCUT2D eigenvalue weighted by Crippen LogP contribution is -2.42. The Labute approximate surface area is 186 Å². The van der Waals surface area contributed by atoms with E-state index >= 15 is 0 Å². The molecule has 1 atom stereocenters. The normalized spacial score (nSPS) is 17.6. The number of oxime groups is 1. The zero-order valence-corrected chi connectivity index (χ0v) is 17.7. The van der Waals surface area contributed by atoms with Crippen LogP contribution >= 0.6 is 0 Å². The highest BCUT2D eigenvalue weighted by Crippen LogP contribution is 2.33. The number of ether oxygens (including phenoxy) is 1. The molecule has 0 aliphatic carbocycles. The van der Waals surface area contributed by atoms with Gasteiger partial charge in [0.1, 0.15) is 0 Å². The Morgan fingerprint density at radius 3 is 2.59 bits per heavy atom. The first-order chi connectivity index (χ1) is 15.7. The van der Waals surface area contributed by atoms with Crippen molar-refractivity contribution >= 4 is 22.5 Å². The molecule has 4 aromatic rings. The molecule has 1 unspecified atom stereocenters. The van der Waals surface area contributed by atoms with Gasteiger partial charge in [0, 0.05) is 35.6 Å². The summed E-state index contributed by atoms with van der Waals surface area (Å²) in [6, 6.07) is 28.0. The maximum absolute atomic E-state index is 12.7. The van der Waals surface area contributed by atoms with Crippen LogP contribution in [0.15, 0.2) is 96.3 Å². The summed E-state index contributed by atoms with van der Waals surface area (Å²) in [5.41, 5.74) is 3.33. The highest BCUT2D eigenvalue weighted by atomic mass is 16.7. The summed E-state index contributed by atoms with van der Waals surface area (Å²) in [5.74, 6) is -0.424. The monoisotopic (exact) mass is 422 g/mol. The minimum atomic E-state index is -1.17. The number of aromatic nitrogens is 1. The molecule has 2 heterocycles. The molecule has 1 aliphatic heterocycles. The SMILES string of the molecule is COC(=O)C1(Cc2ccccc2)CC(c2cccc(-c3nccc4ccccc34)c2)=NO1. The van der Waals surface area contributed by atoms with Crippen molar-refractivity contribution in [2.75, 3.05) is 7.11 Å². The summed E-state index contributed by atoms with van der Waals surface area (Å²) in [6.07, 6.45) is 2.54. The van der Waals surface area contributed by atoms with Crippen LogP contribution in [0.3, 0.4) is 0 Å². The lowest BCUT2D eigenvalue weighted by Gasteiger charge is -2.23. The summed E-state index contributed by atoms with van der Waals surface area (Å²) >= 11 is 0. The van der Waals surface area contributed by atoms with Gasteiger partial charge in [-0.15, -0.1) is 0 Å². The standard InChI is InChI=1S/C27H22N2O3/c1-31-26(30)27(17-19-8-3-2-4-9-19)18-24(29-32-27)21-11-7-12-22(16-21)25-23-13-6-5-10-20(23)14-15-28-25/h2-16H,17-18H2,1H3. The molecule has 1 aliphatic rings. The van der Waals surface area contributed by atoms with Crippen LogP contribution in [0, 0.1) is 0 Å². The van der Waals surface area contributed by atoms with Crippen LogP contribution < -0.4 is 0 Å². The van der Waals surface area contributed by atoms with E-state index in [-0.39, 0.29) is 0 Å². The van der Waals surface area contributed by atoms with Gasteiger partial charge in [0.15, 0.2) is 0 Å². The fourth-order valence-corrected chi connectivity index (χ4v) is 4.22. The Hall–Kier alpha value is -3.99. The van der Waals surface area contributed by atoms with Crippen LogP contribution in [0.5, 0.6) is 0 Å². The van der Waals surface area contributed by atoms with Gasteiger partial charge in [0.2, 0.25) is 5.60 Å². The van der Waals surface area contributed by atoms with E-state index in [0.717, 1.165) is 33.2 Å². The molecule has 0 saturated carbocycles. The first-order valence-corrected chi connectivity index (χ1v) is 10.5. The summed E-state index contributed by atoms with van der Waals surface area (Å²) < 4.78 is 5.09. The van der Waals surface area contributed by atoms with Crippen LogP contribution in [0.2, 0.25) is 0 Å². The lowest BCUT2D eigenvalue weighted by atomic mass is 9.87. The number of esters is 1. The van der Waals surface area contributed by atoms with Gasteiger partial charge in [-0.1, -0.05) is 78.0 Å². The number of methoxy groups -OCH3 is 1. The summed E-state index contributed by atoms with van der Waals surface area (Å²) in [4.78, 5) is 23.1.